The first kappa shape index (κ1) is 76.2. The second-order valence-electron chi connectivity index (χ2n) is 31.4. The van der Waals surface area contributed by atoms with Crippen molar-refractivity contribution in [1.29, 1.82) is 0 Å². The number of pyridine rings is 5. The molecule has 0 aliphatic rings. The number of benzene rings is 14. The molecule has 14 heteroatoms. The van der Waals surface area contributed by atoms with Gasteiger partial charge in [0.25, 0.3) is 0 Å². The first-order valence-electron chi connectivity index (χ1n) is 42.7. The van der Waals surface area contributed by atoms with E-state index in [4.69, 9.17) is 68.1 Å². The molecule has 0 spiro atoms. The third-order valence-corrected chi connectivity index (χ3v) is 23.4. The molecule has 604 valence electrons. The molecule has 0 unspecified atom stereocenters. The van der Waals surface area contributed by atoms with Gasteiger partial charge in [-0.05, 0) is 108 Å². The van der Waals surface area contributed by atoms with Crippen LogP contribution >= 0.6 is 0 Å². The summed E-state index contributed by atoms with van der Waals surface area (Å²) >= 11 is 0. The van der Waals surface area contributed by atoms with E-state index < -0.39 is 0 Å². The minimum atomic E-state index is 0.620. The zero-order chi connectivity index (χ0) is 85.5. The molecule has 14 aromatic carbocycles. The van der Waals surface area contributed by atoms with Crippen LogP contribution in [-0.4, -0.2) is 54.8 Å². The van der Waals surface area contributed by atoms with Crippen molar-refractivity contribution in [3.8, 4) is 147 Å². The van der Waals surface area contributed by atoms with Gasteiger partial charge in [-0.15, -0.1) is 0 Å². The van der Waals surface area contributed by atoms with Crippen LogP contribution in [0.5, 0.6) is 0 Å². The molecule has 11 aromatic heterocycles. The Morgan fingerprint density at radius 3 is 0.876 bits per heavy atom. The Hall–Kier alpha value is -17.8. The van der Waals surface area contributed by atoms with Crippen LogP contribution in [-0.2, 0) is 0 Å². The lowest BCUT2D eigenvalue weighted by Gasteiger charge is -2.11. The molecule has 0 amide bonds. The van der Waals surface area contributed by atoms with Crippen molar-refractivity contribution in [3.63, 3.8) is 0 Å². The summed E-state index contributed by atoms with van der Waals surface area (Å²) in [4.78, 5) is 55.0. The molecule has 0 saturated heterocycles. The molecule has 25 aromatic rings. The zero-order valence-corrected chi connectivity index (χ0v) is 69.1. The monoisotopic (exact) mass is 1650 g/mol. The van der Waals surface area contributed by atoms with E-state index in [2.05, 4.69) is 182 Å². The summed E-state index contributed by atoms with van der Waals surface area (Å²) in [6, 6.07) is 141. The standard InChI is InChI=1S/C43H27N3O.2C36H22N4O/c1-3-12-28(13-4-1)29-22-24-31(25-23-29)38-27-37(30-14-5-2-6-15-30)45-43(46-38)33-17-11-16-32(26-33)41-42-40(34-18-7-9-20-36(34)44-41)35-19-8-10-21-39(35)47-42;1-3-11-23(12-4-1)30-21-31(40-36(39-30)24-13-5-2-6-14-24)25-19-20-29(37-22-25)34-33-27-16-8-10-18-32(27)41-35(33)26-15-7-9-17-28(26)38-34;1-3-11-23(12-4-1)30-21-31(24-13-5-2-6-14-24)40-36(39-30)25-19-20-29(37-22-25)34-33-27-16-8-10-18-32(27)41-35(33)26-15-7-9-17-28(26)38-34/h1-27H;2*1-22H. The molecule has 0 saturated carbocycles. The minimum Gasteiger partial charge on any atom is -0.455 e. The molecule has 0 atom stereocenters. The van der Waals surface area contributed by atoms with Gasteiger partial charge >= 0.3 is 0 Å². The van der Waals surface area contributed by atoms with Crippen LogP contribution < -0.4 is 0 Å². The maximum atomic E-state index is 6.49. The van der Waals surface area contributed by atoms with Crippen LogP contribution in [0.4, 0.5) is 0 Å². The van der Waals surface area contributed by atoms with E-state index in [1.165, 1.54) is 11.1 Å². The Balaban J connectivity index is 0.000000111. The lowest BCUT2D eigenvalue weighted by Crippen LogP contribution is -1.97. The number of rotatable bonds is 13. The number of fused-ring (bicyclic) bond motifs is 15. The number of para-hydroxylation sites is 6. The second-order valence-corrected chi connectivity index (χ2v) is 31.4. The minimum absolute atomic E-state index is 0.620. The molecule has 0 aliphatic heterocycles. The first-order valence-corrected chi connectivity index (χ1v) is 42.7. The molecular weight excluding hydrogens is 1580 g/mol. The van der Waals surface area contributed by atoms with Gasteiger partial charge in [-0.2, -0.15) is 0 Å². The van der Waals surface area contributed by atoms with Gasteiger partial charge in [0.15, 0.2) is 23.1 Å². The lowest BCUT2D eigenvalue weighted by atomic mass is 10.0. The SMILES string of the molecule is c1ccc(-c2cc(-c3ccc(-c4nc5ccccc5c5oc6ccccc6c45)nc3)nc(-c3ccccc3)n2)cc1.c1ccc(-c2cc(-c3ccccc3)nc(-c3ccc(-c4nc5ccccc5c5oc6ccccc6c45)nc3)n2)cc1.c1ccc(-c2ccc(-c3cc(-c4ccccc4)nc(-c4cccc(-c5nc6ccccc6c6c5oc5ccccc56)c4)n3)cc2)cc1. The van der Waals surface area contributed by atoms with E-state index in [1.54, 1.807) is 0 Å². The van der Waals surface area contributed by atoms with E-state index in [0.29, 0.717) is 17.5 Å². The molecular formula is C115H71N11O3. The van der Waals surface area contributed by atoms with Crippen LogP contribution in [0, 0.1) is 0 Å². The Labute approximate surface area is 739 Å². The van der Waals surface area contributed by atoms with Crippen molar-refractivity contribution in [3.05, 3.63) is 431 Å². The van der Waals surface area contributed by atoms with Crippen LogP contribution in [0.3, 0.4) is 0 Å². The average molecular weight is 1650 g/mol. The second kappa shape index (κ2) is 33.1. The van der Waals surface area contributed by atoms with Gasteiger partial charge in [0.2, 0.25) is 0 Å². The fourth-order valence-corrected chi connectivity index (χ4v) is 17.1. The van der Waals surface area contributed by atoms with Crippen LogP contribution in [0.15, 0.2) is 444 Å². The fourth-order valence-electron chi connectivity index (χ4n) is 17.1. The van der Waals surface area contributed by atoms with Gasteiger partial charge in [-0.3, -0.25) is 9.97 Å². The normalized spacial score (nSPS) is 11.4. The molecule has 0 aliphatic carbocycles. The summed E-state index contributed by atoms with van der Waals surface area (Å²) in [5.74, 6) is 1.94. The Kier molecular flexibility index (Phi) is 19.6. The highest BCUT2D eigenvalue weighted by Gasteiger charge is 2.25. The Morgan fingerprint density at radius 1 is 0.155 bits per heavy atom. The van der Waals surface area contributed by atoms with E-state index in [1.807, 2.05) is 249 Å². The molecule has 14 nitrogen and oxygen atoms in total. The van der Waals surface area contributed by atoms with Crippen molar-refractivity contribution >= 4 is 98.5 Å². The van der Waals surface area contributed by atoms with E-state index in [0.717, 1.165) is 217 Å². The number of nitrogens with zero attached hydrogens (tertiary/aromatic N) is 11. The smallest absolute Gasteiger partial charge is 0.162 e. The van der Waals surface area contributed by atoms with Gasteiger partial charge in [0.1, 0.15) is 45.0 Å². The Bertz CT molecular complexity index is 8080. The topological polar surface area (TPSA) is 181 Å². The third-order valence-electron chi connectivity index (χ3n) is 23.4. The Morgan fingerprint density at radius 2 is 0.442 bits per heavy atom. The van der Waals surface area contributed by atoms with Crippen molar-refractivity contribution in [1.82, 2.24) is 54.8 Å². The highest BCUT2D eigenvalue weighted by molar-refractivity contribution is 6.22. The number of hydrogen-bond acceptors (Lipinski definition) is 14. The third kappa shape index (κ3) is 14.7. The molecule has 0 N–H and O–H groups in total. The summed E-state index contributed by atoms with van der Waals surface area (Å²) < 4.78 is 19.2. The molecule has 0 radical (unpaired) electrons. The largest absolute Gasteiger partial charge is 0.455 e. The molecule has 129 heavy (non-hydrogen) atoms. The van der Waals surface area contributed by atoms with Crippen molar-refractivity contribution in [2.75, 3.05) is 0 Å². The summed E-state index contributed by atoms with van der Waals surface area (Å²) in [6.45, 7) is 0. The highest BCUT2D eigenvalue weighted by Crippen LogP contribution is 2.45. The van der Waals surface area contributed by atoms with Crippen molar-refractivity contribution in [2.24, 2.45) is 0 Å². The average Bonchev–Trinajstić information content (AvgIpc) is 1.61. The van der Waals surface area contributed by atoms with Crippen LogP contribution in [0.25, 0.3) is 245 Å². The molecule has 25 rings (SSSR count). The number of hydrogen-bond donors (Lipinski definition) is 0. The summed E-state index contributed by atoms with van der Waals surface area (Å²) in [7, 11) is 0. The quantitative estimate of drug-likeness (QED) is 0.106. The number of furan rings is 3. The van der Waals surface area contributed by atoms with Crippen LogP contribution in [0.2, 0.25) is 0 Å². The van der Waals surface area contributed by atoms with Gasteiger partial charge in [0, 0.05) is 106 Å². The lowest BCUT2D eigenvalue weighted by molar-refractivity contribution is 0.668. The van der Waals surface area contributed by atoms with E-state index >= 15 is 0 Å². The zero-order valence-electron chi connectivity index (χ0n) is 69.1. The first-order chi connectivity index (χ1) is 63.9. The number of aromatic nitrogens is 11. The maximum absolute atomic E-state index is 6.49. The maximum Gasteiger partial charge on any atom is 0.162 e. The summed E-state index contributed by atoms with van der Waals surface area (Å²) in [5.41, 5.74) is 28.7. The van der Waals surface area contributed by atoms with Gasteiger partial charge < -0.3 is 13.3 Å². The van der Waals surface area contributed by atoms with Gasteiger partial charge in [-0.25, -0.2) is 44.9 Å². The summed E-state index contributed by atoms with van der Waals surface area (Å²) in [5, 5.41) is 9.20. The van der Waals surface area contributed by atoms with E-state index in [9.17, 15) is 0 Å². The molecule has 0 fully saturated rings. The van der Waals surface area contributed by atoms with Crippen molar-refractivity contribution in [2.45, 2.75) is 0 Å². The van der Waals surface area contributed by atoms with Crippen molar-refractivity contribution < 1.29 is 13.3 Å². The van der Waals surface area contributed by atoms with Gasteiger partial charge in [0.05, 0.1) is 72.9 Å². The molecule has 11 heterocycles. The predicted molar refractivity (Wildman–Crippen MR) is 520 cm³/mol. The van der Waals surface area contributed by atoms with Crippen LogP contribution in [0.1, 0.15) is 0 Å². The molecule has 0 bridgehead atoms. The summed E-state index contributed by atoms with van der Waals surface area (Å²) in [6.07, 6.45) is 3.70. The van der Waals surface area contributed by atoms with E-state index in [-0.39, 0.29) is 0 Å². The fraction of sp³-hybridized carbons (Fsp3) is 0. The predicted octanol–water partition coefficient (Wildman–Crippen LogP) is 29.2. The van der Waals surface area contributed by atoms with Gasteiger partial charge in [-0.1, -0.05) is 322 Å². The highest BCUT2D eigenvalue weighted by atomic mass is 16.3.